The Balaban J connectivity index is 1.49. The van der Waals surface area contributed by atoms with Gasteiger partial charge in [0.15, 0.2) is 5.75 Å². The van der Waals surface area contributed by atoms with E-state index < -0.39 is 24.0 Å². The molecule has 0 fully saturated rings. The summed E-state index contributed by atoms with van der Waals surface area (Å²) >= 11 is 0. The van der Waals surface area contributed by atoms with E-state index in [1.807, 2.05) is 0 Å². The first-order valence-corrected chi connectivity index (χ1v) is 10.2. The van der Waals surface area contributed by atoms with Crippen LogP contribution in [0.2, 0.25) is 0 Å². The van der Waals surface area contributed by atoms with E-state index in [1.54, 1.807) is 55.5 Å². The number of carbonyl (C=O) groups is 1. The van der Waals surface area contributed by atoms with Crippen molar-refractivity contribution in [2.75, 3.05) is 10.6 Å². The number of amides is 2. The van der Waals surface area contributed by atoms with E-state index in [2.05, 4.69) is 20.5 Å². The molecule has 0 saturated heterocycles. The van der Waals surface area contributed by atoms with Gasteiger partial charge in [-0.1, -0.05) is 24.3 Å². The Hall–Kier alpha value is -4.54. The first-order valence-electron chi connectivity index (χ1n) is 10.2. The zero-order valence-electron chi connectivity index (χ0n) is 18.1. The van der Waals surface area contributed by atoms with Crippen molar-refractivity contribution in [3.05, 3.63) is 90.4 Å². The molecule has 0 atom stereocenters. The average Bonchev–Trinajstić information content (AvgIpc) is 3.15. The van der Waals surface area contributed by atoms with Gasteiger partial charge in [0.25, 0.3) is 0 Å². The Morgan fingerprint density at radius 3 is 2.34 bits per heavy atom. The van der Waals surface area contributed by atoms with Crippen molar-refractivity contribution in [1.82, 2.24) is 9.78 Å². The molecule has 2 N–H and O–H groups in total. The van der Waals surface area contributed by atoms with Crippen LogP contribution in [0.1, 0.15) is 5.69 Å². The number of hydrogen-bond donors (Lipinski definition) is 2. The Kier molecular flexibility index (Phi) is 6.58. The second-order valence-electron chi connectivity index (χ2n) is 7.24. The van der Waals surface area contributed by atoms with Gasteiger partial charge in [0.2, 0.25) is 5.88 Å². The summed E-state index contributed by atoms with van der Waals surface area (Å²) in [7, 11) is 0. The SMILES string of the molecule is Cc1cc(Oc2ccccc2NC(=O)Nc2ccc(OC(F)(F)F)cc2)n(-c2ccccc2F)n1. The highest BCUT2D eigenvalue weighted by atomic mass is 19.4. The number of aromatic nitrogens is 2. The maximum atomic E-state index is 14.3. The highest BCUT2D eigenvalue weighted by molar-refractivity contribution is 6.00. The molecule has 0 unspecified atom stereocenters. The third-order valence-corrected chi connectivity index (χ3v) is 4.58. The maximum Gasteiger partial charge on any atom is 0.573 e. The van der Waals surface area contributed by atoms with Crippen molar-refractivity contribution in [3.8, 4) is 23.1 Å². The van der Waals surface area contributed by atoms with Crippen LogP contribution in [0.4, 0.5) is 33.7 Å². The summed E-state index contributed by atoms with van der Waals surface area (Å²) in [4.78, 5) is 12.5. The van der Waals surface area contributed by atoms with E-state index in [1.165, 1.54) is 22.9 Å². The molecule has 0 aliphatic rings. The molecule has 0 radical (unpaired) electrons. The predicted octanol–water partition coefficient (Wildman–Crippen LogP) is 6.65. The van der Waals surface area contributed by atoms with Crippen LogP contribution < -0.4 is 20.1 Å². The molecular weight excluding hydrogens is 468 g/mol. The quantitative estimate of drug-likeness (QED) is 0.299. The van der Waals surface area contributed by atoms with E-state index in [9.17, 15) is 22.4 Å². The number of alkyl halides is 3. The topological polar surface area (TPSA) is 77.4 Å². The molecule has 0 aliphatic heterocycles. The van der Waals surface area contributed by atoms with Crippen molar-refractivity contribution in [3.63, 3.8) is 0 Å². The van der Waals surface area contributed by atoms with Gasteiger partial charge in [-0.2, -0.15) is 9.78 Å². The van der Waals surface area contributed by atoms with Crippen molar-refractivity contribution in [2.45, 2.75) is 13.3 Å². The number of rotatable bonds is 6. The summed E-state index contributed by atoms with van der Waals surface area (Å²) in [6.45, 7) is 1.73. The fourth-order valence-corrected chi connectivity index (χ4v) is 3.14. The van der Waals surface area contributed by atoms with Crippen LogP contribution in [-0.2, 0) is 0 Å². The number of urea groups is 1. The smallest absolute Gasteiger partial charge is 0.437 e. The highest BCUT2D eigenvalue weighted by Crippen LogP contribution is 2.32. The minimum absolute atomic E-state index is 0.191. The second kappa shape index (κ2) is 9.75. The van der Waals surface area contributed by atoms with Gasteiger partial charge >= 0.3 is 12.4 Å². The molecule has 0 spiro atoms. The summed E-state index contributed by atoms with van der Waals surface area (Å²) in [5.41, 5.74) is 1.31. The van der Waals surface area contributed by atoms with E-state index in [-0.39, 0.29) is 23.0 Å². The lowest BCUT2D eigenvalue weighted by Crippen LogP contribution is -2.20. The standard InChI is InChI=1S/C24H18F4N4O3/c1-15-14-22(32(31-15)20-8-4-2-6-18(20)25)34-21-9-5-3-7-19(21)30-23(33)29-16-10-12-17(13-11-16)35-24(26,27)28/h2-14H,1H3,(H2,29,30,33). The van der Waals surface area contributed by atoms with E-state index in [0.29, 0.717) is 11.4 Å². The first-order chi connectivity index (χ1) is 16.7. The van der Waals surface area contributed by atoms with E-state index >= 15 is 0 Å². The van der Waals surface area contributed by atoms with Gasteiger partial charge in [-0.15, -0.1) is 13.2 Å². The molecule has 35 heavy (non-hydrogen) atoms. The highest BCUT2D eigenvalue weighted by Gasteiger charge is 2.31. The third-order valence-electron chi connectivity index (χ3n) is 4.58. The number of anilines is 2. The Bertz CT molecular complexity index is 1340. The van der Waals surface area contributed by atoms with Crippen LogP contribution in [0.5, 0.6) is 17.4 Å². The van der Waals surface area contributed by atoms with Gasteiger partial charge in [-0.05, 0) is 55.5 Å². The van der Waals surface area contributed by atoms with Gasteiger partial charge in [0, 0.05) is 11.8 Å². The van der Waals surface area contributed by atoms with Crippen molar-refractivity contribution < 1.29 is 31.8 Å². The number of ether oxygens (including phenoxy) is 2. The molecule has 0 aliphatic carbocycles. The number of para-hydroxylation sites is 3. The molecule has 0 saturated carbocycles. The number of nitrogens with zero attached hydrogens (tertiary/aromatic N) is 2. The molecule has 4 aromatic rings. The molecule has 1 aromatic heterocycles. The van der Waals surface area contributed by atoms with Crippen LogP contribution in [0.15, 0.2) is 78.9 Å². The molecule has 2 amide bonds. The minimum atomic E-state index is -4.81. The van der Waals surface area contributed by atoms with Crippen molar-refractivity contribution in [1.29, 1.82) is 0 Å². The van der Waals surface area contributed by atoms with Crippen LogP contribution in [0.3, 0.4) is 0 Å². The normalized spacial score (nSPS) is 11.1. The minimum Gasteiger partial charge on any atom is -0.437 e. The van der Waals surface area contributed by atoms with E-state index in [4.69, 9.17) is 4.74 Å². The first kappa shape index (κ1) is 23.6. The second-order valence-corrected chi connectivity index (χ2v) is 7.24. The summed E-state index contributed by atoms with van der Waals surface area (Å²) in [6.07, 6.45) is -4.81. The molecular formula is C24H18F4N4O3. The van der Waals surface area contributed by atoms with Crippen molar-refractivity contribution >= 4 is 17.4 Å². The molecule has 4 rings (SSSR count). The molecule has 0 bridgehead atoms. The number of benzene rings is 3. The molecule has 11 heteroatoms. The lowest BCUT2D eigenvalue weighted by Gasteiger charge is -2.14. The number of carbonyl (C=O) groups excluding carboxylic acids is 1. The average molecular weight is 486 g/mol. The maximum absolute atomic E-state index is 14.3. The molecule has 3 aromatic carbocycles. The zero-order chi connectivity index (χ0) is 25.0. The summed E-state index contributed by atoms with van der Waals surface area (Å²) in [5.74, 6) is -0.418. The monoisotopic (exact) mass is 486 g/mol. The third kappa shape index (κ3) is 6.08. The van der Waals surface area contributed by atoms with Gasteiger partial charge in [-0.25, -0.2) is 9.18 Å². The van der Waals surface area contributed by atoms with E-state index in [0.717, 1.165) is 12.1 Å². The van der Waals surface area contributed by atoms with Crippen LogP contribution in [0, 0.1) is 12.7 Å². The van der Waals surface area contributed by atoms with Gasteiger partial charge < -0.3 is 20.1 Å². The zero-order valence-corrected chi connectivity index (χ0v) is 18.1. The number of nitrogens with one attached hydrogen (secondary N) is 2. The summed E-state index contributed by atoms with van der Waals surface area (Å²) < 4.78 is 62.3. The molecule has 7 nitrogen and oxygen atoms in total. The number of hydrogen-bond acceptors (Lipinski definition) is 4. The van der Waals surface area contributed by atoms with Crippen LogP contribution in [-0.4, -0.2) is 22.2 Å². The number of aryl methyl sites for hydroxylation is 1. The molecule has 1 heterocycles. The Labute approximate surface area is 196 Å². The van der Waals surface area contributed by atoms with Crippen LogP contribution in [0.25, 0.3) is 5.69 Å². The van der Waals surface area contributed by atoms with Crippen LogP contribution >= 0.6 is 0 Å². The van der Waals surface area contributed by atoms with Crippen molar-refractivity contribution in [2.24, 2.45) is 0 Å². The Morgan fingerprint density at radius 1 is 0.943 bits per heavy atom. The fourth-order valence-electron chi connectivity index (χ4n) is 3.14. The molecule has 180 valence electrons. The Morgan fingerprint density at radius 2 is 1.63 bits per heavy atom. The lowest BCUT2D eigenvalue weighted by molar-refractivity contribution is -0.274. The lowest BCUT2D eigenvalue weighted by atomic mass is 10.3. The van der Waals surface area contributed by atoms with Gasteiger partial charge in [0.05, 0.1) is 11.4 Å². The predicted molar refractivity (Wildman–Crippen MR) is 121 cm³/mol. The summed E-state index contributed by atoms with van der Waals surface area (Å²) in [5, 5.41) is 9.42. The summed E-state index contributed by atoms with van der Waals surface area (Å²) in [6, 6.07) is 18.3. The fraction of sp³-hybridized carbons (Fsp3) is 0.0833. The number of halogens is 4. The van der Waals surface area contributed by atoms with Gasteiger partial charge in [0.1, 0.15) is 17.3 Å². The largest absolute Gasteiger partial charge is 0.573 e. The van der Waals surface area contributed by atoms with Gasteiger partial charge in [-0.3, -0.25) is 0 Å².